The summed E-state index contributed by atoms with van der Waals surface area (Å²) in [6.45, 7) is 0. The standard InChI is InChI=1S/C10H9BrO4/c1-15-10(14)8-3-6(5-11)2-7(4-8)9(12)13/h2-4H,5H2,1H3,(H,12,13). The van der Waals surface area contributed by atoms with Crippen molar-refractivity contribution < 1.29 is 19.4 Å². The minimum absolute atomic E-state index is 0.0763. The van der Waals surface area contributed by atoms with Crippen LogP contribution in [0.4, 0.5) is 0 Å². The molecule has 4 nitrogen and oxygen atoms in total. The van der Waals surface area contributed by atoms with Crippen molar-refractivity contribution in [3.63, 3.8) is 0 Å². The van der Waals surface area contributed by atoms with Gasteiger partial charge in [-0.3, -0.25) is 0 Å². The molecule has 0 fully saturated rings. The number of esters is 1. The molecule has 1 aromatic rings. The molecule has 0 aliphatic heterocycles. The first-order valence-corrected chi connectivity index (χ1v) is 5.22. The number of alkyl halides is 1. The minimum atomic E-state index is -1.07. The quantitative estimate of drug-likeness (QED) is 0.676. The number of carboxylic acid groups (broad SMARTS) is 1. The van der Waals surface area contributed by atoms with Gasteiger partial charge in [0, 0.05) is 5.33 Å². The number of hydrogen-bond donors (Lipinski definition) is 1. The van der Waals surface area contributed by atoms with Crippen LogP contribution in [0.3, 0.4) is 0 Å². The Bertz CT molecular complexity index is 400. The van der Waals surface area contributed by atoms with E-state index in [1.54, 1.807) is 6.07 Å². The number of aromatic carboxylic acids is 1. The van der Waals surface area contributed by atoms with Crippen LogP contribution in [0.15, 0.2) is 18.2 Å². The van der Waals surface area contributed by atoms with E-state index in [-0.39, 0.29) is 11.1 Å². The van der Waals surface area contributed by atoms with E-state index in [2.05, 4.69) is 20.7 Å². The molecule has 0 aliphatic rings. The molecule has 1 rings (SSSR count). The molecule has 1 N–H and O–H groups in total. The Hall–Kier alpha value is -1.36. The Morgan fingerprint density at radius 1 is 1.33 bits per heavy atom. The van der Waals surface area contributed by atoms with Gasteiger partial charge in [-0.2, -0.15) is 0 Å². The Balaban J connectivity index is 3.23. The molecule has 5 heteroatoms. The summed E-state index contributed by atoms with van der Waals surface area (Å²) in [5.74, 6) is -1.61. The molecular weight excluding hydrogens is 264 g/mol. The van der Waals surface area contributed by atoms with Crippen molar-refractivity contribution in [1.82, 2.24) is 0 Å². The highest BCUT2D eigenvalue weighted by molar-refractivity contribution is 9.08. The van der Waals surface area contributed by atoms with Crippen molar-refractivity contribution in [2.75, 3.05) is 7.11 Å². The summed E-state index contributed by atoms with van der Waals surface area (Å²) < 4.78 is 4.52. The lowest BCUT2D eigenvalue weighted by Crippen LogP contribution is -2.05. The van der Waals surface area contributed by atoms with Gasteiger partial charge in [0.1, 0.15) is 0 Å². The zero-order chi connectivity index (χ0) is 11.4. The Labute approximate surface area is 95.0 Å². The Kier molecular flexibility index (Phi) is 3.85. The van der Waals surface area contributed by atoms with Crippen LogP contribution in [0.1, 0.15) is 26.3 Å². The third-order valence-electron chi connectivity index (χ3n) is 1.82. The summed E-state index contributed by atoms with van der Waals surface area (Å²) >= 11 is 3.20. The molecule has 80 valence electrons. The van der Waals surface area contributed by atoms with Crippen molar-refractivity contribution in [1.29, 1.82) is 0 Å². The van der Waals surface area contributed by atoms with Gasteiger partial charge >= 0.3 is 11.9 Å². The van der Waals surface area contributed by atoms with Gasteiger partial charge in [-0.15, -0.1) is 0 Å². The van der Waals surface area contributed by atoms with Gasteiger partial charge in [-0.1, -0.05) is 15.9 Å². The van der Waals surface area contributed by atoms with Gasteiger partial charge in [0.2, 0.25) is 0 Å². The first kappa shape index (κ1) is 11.7. The average Bonchev–Trinajstić information content (AvgIpc) is 2.27. The first-order valence-electron chi connectivity index (χ1n) is 4.10. The Morgan fingerprint density at radius 2 is 1.93 bits per heavy atom. The lowest BCUT2D eigenvalue weighted by molar-refractivity contribution is 0.0600. The second kappa shape index (κ2) is 4.93. The molecule has 15 heavy (non-hydrogen) atoms. The number of methoxy groups -OCH3 is 1. The fourth-order valence-electron chi connectivity index (χ4n) is 1.13. The van der Waals surface area contributed by atoms with Gasteiger partial charge < -0.3 is 9.84 Å². The molecule has 0 saturated heterocycles. The zero-order valence-corrected chi connectivity index (χ0v) is 9.58. The molecule has 0 aliphatic carbocycles. The Morgan fingerprint density at radius 3 is 2.40 bits per heavy atom. The van der Waals surface area contributed by atoms with Crippen molar-refractivity contribution in [3.8, 4) is 0 Å². The van der Waals surface area contributed by atoms with Crippen LogP contribution < -0.4 is 0 Å². The average molecular weight is 273 g/mol. The molecule has 0 heterocycles. The fourth-order valence-corrected chi connectivity index (χ4v) is 1.45. The third-order valence-corrected chi connectivity index (χ3v) is 2.46. The van der Waals surface area contributed by atoms with E-state index in [1.165, 1.54) is 19.2 Å². The maximum Gasteiger partial charge on any atom is 0.337 e. The molecule has 1 aromatic carbocycles. The van der Waals surface area contributed by atoms with Crippen molar-refractivity contribution >= 4 is 27.9 Å². The maximum absolute atomic E-state index is 11.2. The fraction of sp³-hybridized carbons (Fsp3) is 0.200. The molecule has 0 amide bonds. The highest BCUT2D eigenvalue weighted by Gasteiger charge is 2.11. The molecule has 0 unspecified atom stereocenters. The maximum atomic E-state index is 11.2. The second-order valence-corrected chi connectivity index (χ2v) is 3.41. The molecular formula is C10H9BrO4. The van der Waals surface area contributed by atoms with Crippen LogP contribution in [-0.4, -0.2) is 24.2 Å². The molecule has 0 saturated carbocycles. The largest absolute Gasteiger partial charge is 0.478 e. The zero-order valence-electron chi connectivity index (χ0n) is 7.99. The number of hydrogen-bond acceptors (Lipinski definition) is 3. The number of ether oxygens (including phenoxy) is 1. The van der Waals surface area contributed by atoms with Gasteiger partial charge in [0.15, 0.2) is 0 Å². The van der Waals surface area contributed by atoms with Crippen LogP contribution in [0.5, 0.6) is 0 Å². The summed E-state index contributed by atoms with van der Waals surface area (Å²) in [5, 5.41) is 9.30. The van der Waals surface area contributed by atoms with Crippen molar-refractivity contribution in [3.05, 3.63) is 34.9 Å². The number of carboxylic acids is 1. The van der Waals surface area contributed by atoms with Gasteiger partial charge in [-0.25, -0.2) is 9.59 Å². The van der Waals surface area contributed by atoms with E-state index < -0.39 is 11.9 Å². The van der Waals surface area contributed by atoms with Crippen LogP contribution in [0.2, 0.25) is 0 Å². The lowest BCUT2D eigenvalue weighted by atomic mass is 10.1. The minimum Gasteiger partial charge on any atom is -0.478 e. The monoisotopic (exact) mass is 272 g/mol. The van der Waals surface area contributed by atoms with E-state index in [9.17, 15) is 9.59 Å². The van der Waals surface area contributed by atoms with Crippen molar-refractivity contribution in [2.24, 2.45) is 0 Å². The second-order valence-electron chi connectivity index (χ2n) is 2.85. The normalized spacial score (nSPS) is 9.73. The van der Waals surface area contributed by atoms with Gasteiger partial charge in [0.05, 0.1) is 18.2 Å². The van der Waals surface area contributed by atoms with E-state index in [0.29, 0.717) is 5.33 Å². The third kappa shape index (κ3) is 2.79. The summed E-state index contributed by atoms with van der Waals surface area (Å²) in [6.07, 6.45) is 0. The van der Waals surface area contributed by atoms with E-state index in [1.807, 2.05) is 0 Å². The smallest absolute Gasteiger partial charge is 0.337 e. The topological polar surface area (TPSA) is 63.6 Å². The molecule has 0 aromatic heterocycles. The van der Waals surface area contributed by atoms with E-state index in [4.69, 9.17) is 5.11 Å². The number of benzene rings is 1. The van der Waals surface area contributed by atoms with Gasteiger partial charge in [0.25, 0.3) is 0 Å². The number of carbonyl (C=O) groups is 2. The molecule has 0 radical (unpaired) electrons. The predicted molar refractivity (Wildman–Crippen MR) is 57.4 cm³/mol. The number of carbonyl (C=O) groups excluding carboxylic acids is 1. The first-order chi connectivity index (χ1) is 7.08. The highest BCUT2D eigenvalue weighted by atomic mass is 79.9. The van der Waals surface area contributed by atoms with Crippen LogP contribution in [-0.2, 0) is 10.1 Å². The van der Waals surface area contributed by atoms with Crippen molar-refractivity contribution in [2.45, 2.75) is 5.33 Å². The number of rotatable bonds is 3. The van der Waals surface area contributed by atoms with Crippen LogP contribution in [0, 0.1) is 0 Å². The summed E-state index contributed by atoms with van der Waals surface area (Å²) in [6, 6.07) is 4.39. The van der Waals surface area contributed by atoms with Crippen LogP contribution in [0.25, 0.3) is 0 Å². The van der Waals surface area contributed by atoms with E-state index in [0.717, 1.165) is 5.56 Å². The summed E-state index contributed by atoms with van der Waals surface area (Å²) in [5.41, 5.74) is 1.04. The highest BCUT2D eigenvalue weighted by Crippen LogP contribution is 2.14. The molecule has 0 spiro atoms. The van der Waals surface area contributed by atoms with E-state index >= 15 is 0 Å². The van der Waals surface area contributed by atoms with Crippen LogP contribution >= 0.6 is 15.9 Å². The summed E-state index contributed by atoms with van der Waals surface area (Å²) in [7, 11) is 1.25. The SMILES string of the molecule is COC(=O)c1cc(CBr)cc(C(=O)O)c1. The molecule has 0 atom stereocenters. The number of halogens is 1. The summed E-state index contributed by atoms with van der Waals surface area (Å²) in [4.78, 5) is 22.0. The molecule has 0 bridgehead atoms. The predicted octanol–water partition coefficient (Wildman–Crippen LogP) is 2.07. The lowest BCUT2D eigenvalue weighted by Gasteiger charge is -2.04. The van der Waals surface area contributed by atoms with Gasteiger partial charge in [-0.05, 0) is 23.8 Å².